The number of nitrogens with zero attached hydrogens (tertiary/aromatic N) is 1. The van der Waals surface area contributed by atoms with Crippen molar-refractivity contribution in [2.24, 2.45) is 0 Å². The van der Waals surface area contributed by atoms with Crippen LogP contribution >= 0.6 is 11.3 Å². The van der Waals surface area contributed by atoms with E-state index in [0.717, 1.165) is 11.1 Å². The van der Waals surface area contributed by atoms with Gasteiger partial charge in [0.25, 0.3) is 5.91 Å². The Labute approximate surface area is 109 Å². The van der Waals surface area contributed by atoms with Gasteiger partial charge in [-0.05, 0) is 23.1 Å². The summed E-state index contributed by atoms with van der Waals surface area (Å²) in [5.41, 5.74) is 2.99. The van der Waals surface area contributed by atoms with Crippen LogP contribution < -0.4 is 0 Å². The van der Waals surface area contributed by atoms with Crippen LogP contribution in [0, 0.1) is 0 Å². The third kappa shape index (κ3) is 1.30. The third-order valence-electron chi connectivity index (χ3n) is 3.55. The summed E-state index contributed by atoms with van der Waals surface area (Å²) in [6.07, 6.45) is -0.215. The second-order valence-corrected chi connectivity index (χ2v) is 5.55. The summed E-state index contributed by atoms with van der Waals surface area (Å²) in [6, 6.07) is 9.81. The van der Waals surface area contributed by atoms with E-state index in [2.05, 4.69) is 11.4 Å². The van der Waals surface area contributed by atoms with E-state index in [9.17, 15) is 4.79 Å². The molecule has 0 saturated carbocycles. The maximum absolute atomic E-state index is 12.4. The lowest BCUT2D eigenvalue weighted by molar-refractivity contribution is -0.0442. The Kier molecular flexibility index (Phi) is 2.10. The first-order chi connectivity index (χ1) is 8.84. The minimum Gasteiger partial charge on any atom is -0.349 e. The maximum atomic E-state index is 12.4. The first-order valence-corrected chi connectivity index (χ1v) is 6.79. The van der Waals surface area contributed by atoms with Crippen molar-refractivity contribution < 1.29 is 9.53 Å². The lowest BCUT2D eigenvalue weighted by Crippen LogP contribution is -2.27. The van der Waals surface area contributed by atoms with E-state index in [1.165, 1.54) is 10.4 Å². The van der Waals surface area contributed by atoms with Gasteiger partial charge in [-0.15, -0.1) is 11.3 Å². The second-order valence-electron chi connectivity index (χ2n) is 4.55. The van der Waals surface area contributed by atoms with Crippen LogP contribution in [0.3, 0.4) is 0 Å². The molecule has 90 valence electrons. The molecule has 0 bridgehead atoms. The Bertz CT molecular complexity index is 634. The average Bonchev–Trinajstić information content (AvgIpc) is 2.89. The van der Waals surface area contributed by atoms with Gasteiger partial charge in [-0.1, -0.05) is 18.2 Å². The number of benzene rings is 1. The highest BCUT2D eigenvalue weighted by atomic mass is 32.1. The molecule has 0 fully saturated rings. The number of rotatable bonds is 0. The molecule has 1 atom stereocenters. The van der Waals surface area contributed by atoms with Gasteiger partial charge >= 0.3 is 0 Å². The first-order valence-electron chi connectivity index (χ1n) is 5.91. The van der Waals surface area contributed by atoms with Crippen molar-refractivity contribution in [3.05, 3.63) is 57.3 Å². The quantitative estimate of drug-likeness (QED) is 0.726. The molecular weight excluding hydrogens is 246 g/mol. The normalized spacial score (nSPS) is 21.2. The first kappa shape index (κ1) is 10.3. The van der Waals surface area contributed by atoms with Gasteiger partial charge in [-0.3, -0.25) is 4.79 Å². The largest absolute Gasteiger partial charge is 0.349 e. The van der Waals surface area contributed by atoms with Gasteiger partial charge in [-0.25, -0.2) is 0 Å². The van der Waals surface area contributed by atoms with Crippen molar-refractivity contribution in [1.29, 1.82) is 0 Å². The molecule has 1 amide bonds. The number of hydrogen-bond acceptors (Lipinski definition) is 3. The smallest absolute Gasteiger partial charge is 0.256 e. The van der Waals surface area contributed by atoms with Gasteiger partial charge in [0.05, 0.1) is 13.2 Å². The van der Waals surface area contributed by atoms with Gasteiger partial charge < -0.3 is 9.64 Å². The van der Waals surface area contributed by atoms with Crippen molar-refractivity contribution in [3.63, 3.8) is 0 Å². The fourth-order valence-electron chi connectivity index (χ4n) is 2.63. The summed E-state index contributed by atoms with van der Waals surface area (Å²) in [4.78, 5) is 15.4. The van der Waals surface area contributed by atoms with Crippen LogP contribution in [0.1, 0.15) is 32.6 Å². The zero-order valence-electron chi connectivity index (χ0n) is 9.63. The average molecular weight is 257 g/mol. The number of thiophene rings is 1. The molecule has 2 aromatic rings. The number of carbonyl (C=O) groups excluding carboxylic acids is 1. The van der Waals surface area contributed by atoms with E-state index in [0.29, 0.717) is 13.2 Å². The zero-order valence-corrected chi connectivity index (χ0v) is 10.4. The van der Waals surface area contributed by atoms with Crippen LogP contribution in [0.5, 0.6) is 0 Å². The number of ether oxygens (including phenoxy) is 1. The van der Waals surface area contributed by atoms with Crippen molar-refractivity contribution in [1.82, 2.24) is 4.90 Å². The molecule has 0 N–H and O–H groups in total. The molecule has 0 aliphatic carbocycles. The molecule has 1 aromatic heterocycles. The summed E-state index contributed by atoms with van der Waals surface area (Å²) >= 11 is 1.69. The summed E-state index contributed by atoms with van der Waals surface area (Å²) in [5, 5.41) is 2.06. The van der Waals surface area contributed by atoms with Gasteiger partial charge in [-0.2, -0.15) is 0 Å². The molecule has 2 aliphatic rings. The van der Waals surface area contributed by atoms with Crippen molar-refractivity contribution in [3.8, 4) is 0 Å². The van der Waals surface area contributed by atoms with E-state index in [1.807, 2.05) is 29.2 Å². The Morgan fingerprint density at radius 3 is 3.11 bits per heavy atom. The highest BCUT2D eigenvalue weighted by Crippen LogP contribution is 2.39. The molecule has 2 aliphatic heterocycles. The third-order valence-corrected chi connectivity index (χ3v) is 4.50. The molecule has 0 radical (unpaired) electrons. The van der Waals surface area contributed by atoms with Crippen LogP contribution in [-0.2, 0) is 17.9 Å². The Balaban J connectivity index is 1.81. The van der Waals surface area contributed by atoms with Crippen LogP contribution in [0.15, 0.2) is 35.7 Å². The molecule has 0 saturated heterocycles. The second kappa shape index (κ2) is 3.67. The van der Waals surface area contributed by atoms with Gasteiger partial charge in [0.1, 0.15) is 0 Å². The predicted octanol–water partition coefficient (Wildman–Crippen LogP) is 2.93. The highest BCUT2D eigenvalue weighted by Gasteiger charge is 2.39. The van der Waals surface area contributed by atoms with E-state index >= 15 is 0 Å². The van der Waals surface area contributed by atoms with E-state index < -0.39 is 0 Å². The Morgan fingerprint density at radius 1 is 1.28 bits per heavy atom. The van der Waals surface area contributed by atoms with Crippen LogP contribution in [-0.4, -0.2) is 10.8 Å². The number of carbonyl (C=O) groups is 1. The summed E-state index contributed by atoms with van der Waals surface area (Å²) in [5.74, 6) is 0.0804. The molecule has 4 heteroatoms. The van der Waals surface area contributed by atoms with E-state index in [1.54, 1.807) is 11.3 Å². The fourth-order valence-corrected chi connectivity index (χ4v) is 3.52. The van der Waals surface area contributed by atoms with Crippen LogP contribution in [0.4, 0.5) is 0 Å². The van der Waals surface area contributed by atoms with Crippen LogP contribution in [0.25, 0.3) is 0 Å². The molecule has 18 heavy (non-hydrogen) atoms. The molecule has 3 nitrogen and oxygen atoms in total. The summed E-state index contributed by atoms with van der Waals surface area (Å²) in [7, 11) is 0. The summed E-state index contributed by atoms with van der Waals surface area (Å²) in [6.45, 7) is 1.24. The lowest BCUT2D eigenvalue weighted by Gasteiger charge is -2.21. The molecule has 3 heterocycles. The lowest BCUT2D eigenvalue weighted by atomic mass is 10.1. The topological polar surface area (TPSA) is 29.5 Å². The van der Waals surface area contributed by atoms with Gasteiger partial charge in [0.15, 0.2) is 6.23 Å². The minimum atomic E-state index is -0.215. The van der Waals surface area contributed by atoms with E-state index in [-0.39, 0.29) is 12.1 Å². The predicted molar refractivity (Wildman–Crippen MR) is 68.2 cm³/mol. The minimum absolute atomic E-state index is 0.0804. The Morgan fingerprint density at radius 2 is 2.17 bits per heavy atom. The summed E-state index contributed by atoms with van der Waals surface area (Å²) < 4.78 is 5.92. The van der Waals surface area contributed by atoms with E-state index in [4.69, 9.17) is 4.74 Å². The van der Waals surface area contributed by atoms with Crippen LogP contribution in [0.2, 0.25) is 0 Å². The molecule has 1 aromatic carbocycles. The van der Waals surface area contributed by atoms with Gasteiger partial charge in [0, 0.05) is 16.0 Å². The monoisotopic (exact) mass is 257 g/mol. The molecule has 0 unspecified atom stereocenters. The Hall–Kier alpha value is -1.65. The van der Waals surface area contributed by atoms with Crippen molar-refractivity contribution in [2.75, 3.05) is 0 Å². The SMILES string of the molecule is O=C1c2ccccc2[C@@H]2OCc3ccsc3CN12. The van der Waals surface area contributed by atoms with Crippen molar-refractivity contribution >= 4 is 17.2 Å². The van der Waals surface area contributed by atoms with Crippen molar-refractivity contribution in [2.45, 2.75) is 19.4 Å². The van der Waals surface area contributed by atoms with Gasteiger partial charge in [0.2, 0.25) is 0 Å². The molecule has 4 rings (SSSR count). The maximum Gasteiger partial charge on any atom is 0.256 e. The number of fused-ring (bicyclic) bond motifs is 4. The number of hydrogen-bond donors (Lipinski definition) is 0. The zero-order chi connectivity index (χ0) is 12.1. The highest BCUT2D eigenvalue weighted by molar-refractivity contribution is 7.10. The molecular formula is C14H11NO2S. The fraction of sp³-hybridized carbons (Fsp3) is 0.214. The number of amides is 1. The standard InChI is InChI=1S/C14H11NO2S/c16-13-10-3-1-2-4-11(10)14-15(13)7-12-9(8-17-14)5-6-18-12/h1-6,14H,7-8H2/t14-/m0/s1. The molecule has 0 spiro atoms.